The quantitative estimate of drug-likeness (QED) is 0.676. The van der Waals surface area contributed by atoms with Gasteiger partial charge in [0.15, 0.2) is 10.1 Å². The molecule has 1 amide bonds. The smallest absolute Gasteiger partial charge is 0.237 e. The van der Waals surface area contributed by atoms with Crippen molar-refractivity contribution >= 4 is 40.5 Å². The fraction of sp³-hybridized carbons (Fsp3) is 0.286. The summed E-state index contributed by atoms with van der Waals surface area (Å²) >= 11 is 2.81. The predicted molar refractivity (Wildman–Crippen MR) is 85.0 cm³/mol. The van der Waals surface area contributed by atoms with E-state index < -0.39 is 0 Å². The van der Waals surface area contributed by atoms with Crippen LogP contribution in [0.1, 0.15) is 29.2 Å². The average molecular weight is 321 g/mol. The zero-order chi connectivity index (χ0) is 15.4. The monoisotopic (exact) mass is 321 g/mol. The number of nitrogens with zero attached hydrogens (tertiary/aromatic N) is 2. The van der Waals surface area contributed by atoms with Crippen molar-refractivity contribution in [1.29, 1.82) is 0 Å². The number of para-hydroxylation sites is 1. The second-order valence-electron chi connectivity index (χ2n) is 4.44. The molecule has 2 aromatic rings. The molecule has 0 radical (unpaired) electrons. The number of ketones is 1. The largest absolute Gasteiger partial charge is 0.324 e. The van der Waals surface area contributed by atoms with E-state index >= 15 is 0 Å². The first kappa shape index (κ1) is 15.7. The fourth-order valence-electron chi connectivity index (χ4n) is 1.66. The number of rotatable bonds is 5. The van der Waals surface area contributed by atoms with Gasteiger partial charge in [0.25, 0.3) is 0 Å². The van der Waals surface area contributed by atoms with Gasteiger partial charge in [0.2, 0.25) is 5.91 Å². The lowest BCUT2D eigenvalue weighted by Crippen LogP contribution is -2.23. The number of aromatic nitrogens is 2. The summed E-state index contributed by atoms with van der Waals surface area (Å²) in [6, 6.07) is 6.98. The first-order valence-electron chi connectivity index (χ1n) is 6.35. The van der Waals surface area contributed by atoms with E-state index in [4.69, 9.17) is 0 Å². The first-order valence-corrected chi connectivity index (χ1v) is 8.04. The number of aryl methyl sites for hydroxylation is 1. The highest BCUT2D eigenvalue weighted by molar-refractivity contribution is 8.02. The van der Waals surface area contributed by atoms with Gasteiger partial charge in [-0.3, -0.25) is 9.59 Å². The Morgan fingerprint density at radius 1 is 1.29 bits per heavy atom. The minimum atomic E-state index is -0.322. The highest BCUT2D eigenvalue weighted by Crippen LogP contribution is 2.27. The Morgan fingerprint density at radius 3 is 2.62 bits per heavy atom. The van der Waals surface area contributed by atoms with Crippen molar-refractivity contribution in [3.8, 4) is 0 Å². The number of carbonyl (C=O) groups excluding carboxylic acids is 2. The maximum atomic E-state index is 12.2. The van der Waals surface area contributed by atoms with Gasteiger partial charge in [0.1, 0.15) is 5.01 Å². The summed E-state index contributed by atoms with van der Waals surface area (Å²) in [7, 11) is 0. The maximum absolute atomic E-state index is 12.2. The standard InChI is InChI=1S/C14H15N3O2S2/c1-8(18)11-6-4-5-7-12(11)15-13(19)9(2)20-14-17-16-10(3)21-14/h4-7,9H,1-3H3,(H,15,19)/t9-/m0/s1. The average Bonchev–Trinajstić information content (AvgIpc) is 2.84. The molecule has 1 heterocycles. The Bertz CT molecular complexity index is 670. The van der Waals surface area contributed by atoms with Gasteiger partial charge in [0.05, 0.1) is 10.9 Å². The molecule has 0 saturated heterocycles. The zero-order valence-corrected chi connectivity index (χ0v) is 13.5. The molecular weight excluding hydrogens is 306 g/mol. The van der Waals surface area contributed by atoms with Crippen molar-refractivity contribution in [2.45, 2.75) is 30.4 Å². The molecule has 0 bridgehead atoms. The minimum Gasteiger partial charge on any atom is -0.324 e. The van der Waals surface area contributed by atoms with Gasteiger partial charge in [-0.15, -0.1) is 10.2 Å². The van der Waals surface area contributed by atoms with Gasteiger partial charge < -0.3 is 5.32 Å². The van der Waals surface area contributed by atoms with Gasteiger partial charge in [-0.2, -0.15) is 0 Å². The van der Waals surface area contributed by atoms with Crippen LogP contribution in [0.15, 0.2) is 28.6 Å². The Labute approximate surface area is 131 Å². The molecule has 1 aromatic heterocycles. The predicted octanol–water partition coefficient (Wildman–Crippen LogP) is 3.17. The van der Waals surface area contributed by atoms with Gasteiger partial charge in [-0.05, 0) is 32.9 Å². The molecule has 1 N–H and O–H groups in total. The van der Waals surface area contributed by atoms with Crippen molar-refractivity contribution < 1.29 is 9.59 Å². The molecule has 1 aromatic carbocycles. The third-order valence-corrected chi connectivity index (χ3v) is 4.74. The zero-order valence-electron chi connectivity index (χ0n) is 11.9. The van der Waals surface area contributed by atoms with E-state index in [9.17, 15) is 9.59 Å². The molecule has 0 spiro atoms. The van der Waals surface area contributed by atoms with Crippen LogP contribution in [0.25, 0.3) is 0 Å². The summed E-state index contributed by atoms with van der Waals surface area (Å²) < 4.78 is 0.759. The number of amides is 1. The van der Waals surface area contributed by atoms with Crippen molar-refractivity contribution in [1.82, 2.24) is 10.2 Å². The van der Waals surface area contributed by atoms with Crippen LogP contribution in [0, 0.1) is 6.92 Å². The van der Waals surface area contributed by atoms with E-state index in [1.807, 2.05) is 6.92 Å². The Hall–Kier alpha value is -1.73. The number of thioether (sulfide) groups is 1. The van der Waals surface area contributed by atoms with E-state index in [0.717, 1.165) is 9.35 Å². The van der Waals surface area contributed by atoms with Gasteiger partial charge >= 0.3 is 0 Å². The molecule has 2 rings (SSSR count). The number of Topliss-reactive ketones (excluding diaryl/α,β-unsaturated/α-hetero) is 1. The number of anilines is 1. The molecule has 5 nitrogen and oxygen atoms in total. The van der Waals surface area contributed by atoms with E-state index in [1.54, 1.807) is 31.2 Å². The molecular formula is C14H15N3O2S2. The van der Waals surface area contributed by atoms with Crippen molar-refractivity contribution in [3.05, 3.63) is 34.8 Å². The Balaban J connectivity index is 2.05. The fourth-order valence-corrected chi connectivity index (χ4v) is 3.62. The molecule has 0 saturated carbocycles. The lowest BCUT2D eigenvalue weighted by molar-refractivity contribution is -0.115. The lowest BCUT2D eigenvalue weighted by Gasteiger charge is -2.12. The van der Waals surface area contributed by atoms with E-state index in [-0.39, 0.29) is 16.9 Å². The van der Waals surface area contributed by atoms with Crippen LogP contribution in [0.3, 0.4) is 0 Å². The summed E-state index contributed by atoms with van der Waals surface area (Å²) in [6.45, 7) is 5.15. The maximum Gasteiger partial charge on any atom is 0.237 e. The lowest BCUT2D eigenvalue weighted by atomic mass is 10.1. The number of hydrogen-bond donors (Lipinski definition) is 1. The molecule has 0 fully saturated rings. The highest BCUT2D eigenvalue weighted by Gasteiger charge is 2.18. The summed E-state index contributed by atoms with van der Waals surface area (Å²) in [4.78, 5) is 23.7. The van der Waals surface area contributed by atoms with Crippen LogP contribution in [0.5, 0.6) is 0 Å². The minimum absolute atomic E-state index is 0.0778. The van der Waals surface area contributed by atoms with E-state index in [0.29, 0.717) is 11.3 Å². The molecule has 0 aliphatic rings. The second-order valence-corrected chi connectivity index (χ2v) is 7.21. The normalized spacial score (nSPS) is 12.0. The topological polar surface area (TPSA) is 72.0 Å². The van der Waals surface area contributed by atoms with Gasteiger partial charge in [0, 0.05) is 5.56 Å². The van der Waals surface area contributed by atoms with Crippen molar-refractivity contribution in [3.63, 3.8) is 0 Å². The van der Waals surface area contributed by atoms with Crippen molar-refractivity contribution in [2.24, 2.45) is 0 Å². The summed E-state index contributed by atoms with van der Waals surface area (Å²) in [5.41, 5.74) is 1.05. The molecule has 0 unspecified atom stereocenters. The third-order valence-electron chi connectivity index (χ3n) is 2.72. The highest BCUT2D eigenvalue weighted by atomic mass is 32.2. The number of hydrogen-bond acceptors (Lipinski definition) is 6. The molecule has 110 valence electrons. The number of nitrogens with one attached hydrogen (secondary N) is 1. The number of carbonyl (C=O) groups is 2. The van der Waals surface area contributed by atoms with Crippen LogP contribution in [-0.4, -0.2) is 27.1 Å². The van der Waals surface area contributed by atoms with E-state index in [1.165, 1.54) is 30.0 Å². The van der Waals surface area contributed by atoms with Crippen LogP contribution >= 0.6 is 23.1 Å². The molecule has 1 atom stereocenters. The molecule has 7 heteroatoms. The molecule has 21 heavy (non-hydrogen) atoms. The van der Waals surface area contributed by atoms with Gasteiger partial charge in [-0.25, -0.2) is 0 Å². The Kier molecular flexibility index (Phi) is 5.08. The second kappa shape index (κ2) is 6.82. The number of benzene rings is 1. The van der Waals surface area contributed by atoms with E-state index in [2.05, 4.69) is 15.5 Å². The summed E-state index contributed by atoms with van der Waals surface area (Å²) in [5, 5.41) is 11.3. The third kappa shape index (κ3) is 4.12. The Morgan fingerprint density at radius 2 is 2.00 bits per heavy atom. The SMILES string of the molecule is CC(=O)c1ccccc1NC(=O)[C@H](C)Sc1nnc(C)s1. The van der Waals surface area contributed by atoms with Crippen LogP contribution in [-0.2, 0) is 4.79 Å². The van der Waals surface area contributed by atoms with Crippen LogP contribution in [0.2, 0.25) is 0 Å². The van der Waals surface area contributed by atoms with Gasteiger partial charge in [-0.1, -0.05) is 35.2 Å². The molecule has 0 aliphatic carbocycles. The van der Waals surface area contributed by atoms with Crippen molar-refractivity contribution in [2.75, 3.05) is 5.32 Å². The van der Waals surface area contributed by atoms with Crippen LogP contribution in [0.4, 0.5) is 5.69 Å². The van der Waals surface area contributed by atoms with Crippen LogP contribution < -0.4 is 5.32 Å². The first-order chi connectivity index (χ1) is 9.97. The summed E-state index contributed by atoms with van der Waals surface area (Å²) in [6.07, 6.45) is 0. The molecule has 0 aliphatic heterocycles. The summed E-state index contributed by atoms with van der Waals surface area (Å²) in [5.74, 6) is -0.243.